The number of rotatable bonds is 6. The van der Waals surface area contributed by atoms with Gasteiger partial charge in [-0.1, -0.05) is 19.8 Å². The van der Waals surface area contributed by atoms with Crippen molar-refractivity contribution in [3.8, 4) is 0 Å². The largest absolute Gasteiger partial charge is 0.478 e. The lowest BCUT2D eigenvalue weighted by Crippen LogP contribution is -2.34. The maximum atomic E-state index is 12.0. The van der Waals surface area contributed by atoms with E-state index in [4.69, 9.17) is 5.11 Å². The zero-order valence-corrected chi connectivity index (χ0v) is 11.1. The van der Waals surface area contributed by atoms with Gasteiger partial charge in [-0.3, -0.25) is 4.79 Å². The molecule has 1 saturated carbocycles. The van der Waals surface area contributed by atoms with Crippen LogP contribution in [-0.2, 0) is 0 Å². The highest BCUT2D eigenvalue weighted by atomic mass is 16.4. The summed E-state index contributed by atoms with van der Waals surface area (Å²) in [6, 6.07) is 6.25. The molecule has 4 heteroatoms. The Kier molecular flexibility index (Phi) is 4.20. The topological polar surface area (TPSA) is 66.4 Å². The predicted molar refractivity (Wildman–Crippen MR) is 72.3 cm³/mol. The van der Waals surface area contributed by atoms with Gasteiger partial charge in [-0.25, -0.2) is 4.79 Å². The van der Waals surface area contributed by atoms with Gasteiger partial charge in [-0.15, -0.1) is 0 Å². The summed E-state index contributed by atoms with van der Waals surface area (Å²) >= 11 is 0. The van der Waals surface area contributed by atoms with Crippen LogP contribution in [0.25, 0.3) is 0 Å². The molecule has 1 aromatic carbocycles. The monoisotopic (exact) mass is 261 g/mol. The number of carboxylic acid groups (broad SMARTS) is 1. The molecule has 0 aliphatic heterocycles. The molecular formula is C15H19NO3. The Morgan fingerprint density at radius 2 is 1.84 bits per heavy atom. The Morgan fingerprint density at radius 1 is 1.26 bits per heavy atom. The second-order valence-corrected chi connectivity index (χ2v) is 5.14. The molecule has 2 rings (SSSR count). The van der Waals surface area contributed by atoms with E-state index < -0.39 is 5.97 Å². The van der Waals surface area contributed by atoms with Crippen LogP contribution in [0.3, 0.4) is 0 Å². The first kappa shape index (κ1) is 13.6. The highest BCUT2D eigenvalue weighted by Gasteiger charge is 2.25. The molecule has 0 radical (unpaired) electrons. The van der Waals surface area contributed by atoms with Crippen LogP contribution in [0.1, 0.15) is 53.3 Å². The maximum Gasteiger partial charge on any atom is 0.335 e. The Labute approximate surface area is 112 Å². The minimum Gasteiger partial charge on any atom is -0.478 e. The smallest absolute Gasteiger partial charge is 0.335 e. The van der Waals surface area contributed by atoms with Crippen molar-refractivity contribution in [2.75, 3.05) is 0 Å². The lowest BCUT2D eigenvalue weighted by molar-refractivity contribution is 0.0696. The van der Waals surface area contributed by atoms with Crippen molar-refractivity contribution >= 4 is 11.9 Å². The summed E-state index contributed by atoms with van der Waals surface area (Å²) in [4.78, 5) is 22.8. The van der Waals surface area contributed by atoms with Crippen LogP contribution in [0.2, 0.25) is 0 Å². The zero-order valence-electron chi connectivity index (χ0n) is 11.1. The number of carbonyl (C=O) groups is 2. The van der Waals surface area contributed by atoms with Crippen molar-refractivity contribution < 1.29 is 14.7 Å². The number of aromatic carboxylic acids is 1. The van der Waals surface area contributed by atoms with E-state index in [1.54, 1.807) is 12.1 Å². The van der Waals surface area contributed by atoms with Gasteiger partial charge < -0.3 is 10.4 Å². The average molecular weight is 261 g/mol. The Morgan fingerprint density at radius 3 is 2.32 bits per heavy atom. The molecule has 1 unspecified atom stereocenters. The van der Waals surface area contributed by atoms with Crippen LogP contribution < -0.4 is 5.32 Å². The van der Waals surface area contributed by atoms with E-state index in [0.717, 1.165) is 18.8 Å². The molecule has 102 valence electrons. The van der Waals surface area contributed by atoms with Gasteiger partial charge in [0.1, 0.15) is 0 Å². The zero-order chi connectivity index (χ0) is 13.8. The Balaban J connectivity index is 1.95. The fraction of sp³-hybridized carbons (Fsp3) is 0.467. The molecule has 1 aliphatic carbocycles. The third-order valence-corrected chi connectivity index (χ3v) is 3.54. The third-order valence-electron chi connectivity index (χ3n) is 3.54. The first-order valence-corrected chi connectivity index (χ1v) is 6.74. The number of nitrogens with one attached hydrogen (secondary N) is 1. The van der Waals surface area contributed by atoms with E-state index in [9.17, 15) is 9.59 Å². The molecule has 0 saturated heterocycles. The Hall–Kier alpha value is -1.84. The second-order valence-electron chi connectivity index (χ2n) is 5.14. The summed E-state index contributed by atoms with van der Waals surface area (Å²) in [6.45, 7) is 2.07. The summed E-state index contributed by atoms with van der Waals surface area (Å²) in [7, 11) is 0. The Bertz CT molecular complexity index is 463. The molecular weight excluding hydrogens is 242 g/mol. The van der Waals surface area contributed by atoms with E-state index in [-0.39, 0.29) is 17.5 Å². The fourth-order valence-electron chi connectivity index (χ4n) is 2.12. The predicted octanol–water partition coefficient (Wildman–Crippen LogP) is 2.69. The molecule has 0 heterocycles. The standard InChI is InChI=1S/C15H19NO3/c1-2-13(9-10-3-4-10)16-14(17)11-5-7-12(8-6-11)15(18)19/h5-8,10,13H,2-4,9H2,1H3,(H,16,17)(H,18,19). The lowest BCUT2D eigenvalue weighted by atomic mass is 10.1. The lowest BCUT2D eigenvalue weighted by Gasteiger charge is -2.16. The normalized spacial score (nSPS) is 15.8. The van der Waals surface area contributed by atoms with Crippen LogP contribution in [-0.4, -0.2) is 23.0 Å². The number of carbonyl (C=O) groups excluding carboxylic acids is 1. The SMILES string of the molecule is CCC(CC1CC1)NC(=O)c1ccc(C(=O)O)cc1. The second kappa shape index (κ2) is 5.87. The van der Waals surface area contributed by atoms with Crippen LogP contribution in [0.15, 0.2) is 24.3 Å². The van der Waals surface area contributed by atoms with Gasteiger partial charge in [0.05, 0.1) is 5.56 Å². The van der Waals surface area contributed by atoms with Crippen molar-refractivity contribution in [2.45, 2.75) is 38.6 Å². The molecule has 4 nitrogen and oxygen atoms in total. The molecule has 0 spiro atoms. The van der Waals surface area contributed by atoms with Gasteiger partial charge >= 0.3 is 5.97 Å². The third kappa shape index (κ3) is 3.81. The number of hydrogen-bond acceptors (Lipinski definition) is 2. The van der Waals surface area contributed by atoms with E-state index in [2.05, 4.69) is 12.2 Å². The number of carboxylic acids is 1. The van der Waals surface area contributed by atoms with Crippen molar-refractivity contribution in [1.82, 2.24) is 5.32 Å². The molecule has 1 aliphatic rings. The molecule has 1 atom stereocenters. The van der Waals surface area contributed by atoms with Gasteiger partial charge in [0.15, 0.2) is 0 Å². The van der Waals surface area contributed by atoms with Gasteiger partial charge in [0, 0.05) is 11.6 Å². The summed E-state index contributed by atoms with van der Waals surface area (Å²) in [5.74, 6) is -0.323. The van der Waals surface area contributed by atoms with Crippen molar-refractivity contribution in [3.05, 3.63) is 35.4 Å². The summed E-state index contributed by atoms with van der Waals surface area (Å²) < 4.78 is 0. The first-order chi connectivity index (χ1) is 9.10. The van der Waals surface area contributed by atoms with Crippen molar-refractivity contribution in [1.29, 1.82) is 0 Å². The first-order valence-electron chi connectivity index (χ1n) is 6.74. The van der Waals surface area contributed by atoms with E-state index in [0.29, 0.717) is 5.56 Å². The van der Waals surface area contributed by atoms with E-state index in [1.165, 1.54) is 25.0 Å². The van der Waals surface area contributed by atoms with E-state index >= 15 is 0 Å². The van der Waals surface area contributed by atoms with Gasteiger partial charge in [0.2, 0.25) is 0 Å². The van der Waals surface area contributed by atoms with Gasteiger partial charge in [-0.05, 0) is 43.0 Å². The molecule has 2 N–H and O–H groups in total. The molecule has 0 bridgehead atoms. The van der Waals surface area contributed by atoms with Gasteiger partial charge in [-0.2, -0.15) is 0 Å². The highest BCUT2D eigenvalue weighted by Crippen LogP contribution is 2.34. The summed E-state index contributed by atoms with van der Waals surface area (Å²) in [5.41, 5.74) is 0.709. The summed E-state index contributed by atoms with van der Waals surface area (Å²) in [6.07, 6.45) is 4.53. The van der Waals surface area contributed by atoms with E-state index in [1.807, 2.05) is 0 Å². The summed E-state index contributed by atoms with van der Waals surface area (Å²) in [5, 5.41) is 11.8. The van der Waals surface area contributed by atoms with Crippen molar-refractivity contribution in [3.63, 3.8) is 0 Å². The molecule has 1 aromatic rings. The van der Waals surface area contributed by atoms with Crippen LogP contribution in [0.5, 0.6) is 0 Å². The average Bonchev–Trinajstić information content (AvgIpc) is 3.22. The minimum atomic E-state index is -0.980. The molecule has 19 heavy (non-hydrogen) atoms. The molecule has 0 aromatic heterocycles. The van der Waals surface area contributed by atoms with Crippen LogP contribution in [0.4, 0.5) is 0 Å². The highest BCUT2D eigenvalue weighted by molar-refractivity contribution is 5.96. The number of benzene rings is 1. The molecule has 1 fully saturated rings. The number of amides is 1. The van der Waals surface area contributed by atoms with Crippen LogP contribution >= 0.6 is 0 Å². The van der Waals surface area contributed by atoms with Crippen LogP contribution in [0, 0.1) is 5.92 Å². The quantitative estimate of drug-likeness (QED) is 0.827. The number of hydrogen-bond donors (Lipinski definition) is 2. The fourth-order valence-corrected chi connectivity index (χ4v) is 2.12. The maximum absolute atomic E-state index is 12.0. The van der Waals surface area contributed by atoms with Gasteiger partial charge in [0.25, 0.3) is 5.91 Å². The molecule has 1 amide bonds. The minimum absolute atomic E-state index is 0.121. The van der Waals surface area contributed by atoms with Crippen molar-refractivity contribution in [2.24, 2.45) is 5.92 Å².